The van der Waals surface area contributed by atoms with Crippen LogP contribution in [0.5, 0.6) is 0 Å². The minimum Gasteiger partial charge on any atom is -0.382 e. The fourth-order valence-corrected chi connectivity index (χ4v) is 1.99. The Balaban J connectivity index is 2.82. The summed E-state index contributed by atoms with van der Waals surface area (Å²) < 4.78 is 7.22. The molecule has 0 aliphatic carbocycles. The second kappa shape index (κ2) is 6.96. The molecule has 17 heavy (non-hydrogen) atoms. The van der Waals surface area contributed by atoms with Crippen molar-refractivity contribution in [3.63, 3.8) is 0 Å². The number of aromatic nitrogens is 2. The molecule has 0 bridgehead atoms. The number of rotatable bonds is 7. The minimum atomic E-state index is -0.0426. The first-order valence-corrected chi connectivity index (χ1v) is 6.26. The standard InChI is InChI=1S/C11H21ClN4O/c1-4-17-6-5-10(15-13)11-9(12)7-14-16(11)8(2)3/h7-8,10,15H,4-6,13H2,1-3H3. The first-order chi connectivity index (χ1) is 8.11. The summed E-state index contributed by atoms with van der Waals surface area (Å²) in [7, 11) is 0. The summed E-state index contributed by atoms with van der Waals surface area (Å²) in [6, 6.07) is 0.208. The molecule has 1 atom stereocenters. The van der Waals surface area contributed by atoms with Gasteiger partial charge in [-0.3, -0.25) is 16.0 Å². The fraction of sp³-hybridized carbons (Fsp3) is 0.727. The van der Waals surface area contributed by atoms with Crippen molar-refractivity contribution in [3.8, 4) is 0 Å². The number of hydrazine groups is 1. The van der Waals surface area contributed by atoms with Crippen LogP contribution in [-0.4, -0.2) is 23.0 Å². The van der Waals surface area contributed by atoms with Crippen LogP contribution in [0.25, 0.3) is 0 Å². The zero-order valence-electron chi connectivity index (χ0n) is 10.6. The van der Waals surface area contributed by atoms with Gasteiger partial charge in [-0.25, -0.2) is 0 Å². The zero-order chi connectivity index (χ0) is 12.8. The summed E-state index contributed by atoms with van der Waals surface area (Å²) >= 11 is 6.16. The maximum Gasteiger partial charge on any atom is 0.0834 e. The average Bonchev–Trinajstić information content (AvgIpc) is 2.67. The van der Waals surface area contributed by atoms with E-state index in [1.165, 1.54) is 0 Å². The lowest BCUT2D eigenvalue weighted by molar-refractivity contribution is 0.135. The van der Waals surface area contributed by atoms with Crippen LogP contribution in [0, 0.1) is 0 Å². The third-order valence-electron chi connectivity index (χ3n) is 2.56. The molecule has 1 heterocycles. The Kier molecular flexibility index (Phi) is 5.91. The molecule has 5 nitrogen and oxygen atoms in total. The van der Waals surface area contributed by atoms with Gasteiger partial charge in [0.05, 0.1) is 23.0 Å². The highest BCUT2D eigenvalue weighted by atomic mass is 35.5. The Hall–Kier alpha value is -0.620. The van der Waals surface area contributed by atoms with Crippen molar-refractivity contribution in [3.05, 3.63) is 16.9 Å². The van der Waals surface area contributed by atoms with Crippen LogP contribution in [0.3, 0.4) is 0 Å². The summed E-state index contributed by atoms with van der Waals surface area (Å²) in [5.74, 6) is 5.58. The minimum absolute atomic E-state index is 0.0426. The highest BCUT2D eigenvalue weighted by molar-refractivity contribution is 6.31. The van der Waals surface area contributed by atoms with Crippen molar-refractivity contribution in [1.82, 2.24) is 15.2 Å². The second-order valence-electron chi connectivity index (χ2n) is 4.12. The van der Waals surface area contributed by atoms with Crippen molar-refractivity contribution >= 4 is 11.6 Å². The molecule has 0 aliphatic rings. The summed E-state index contributed by atoms with van der Waals surface area (Å²) in [4.78, 5) is 0. The van der Waals surface area contributed by atoms with Gasteiger partial charge in [0.25, 0.3) is 0 Å². The van der Waals surface area contributed by atoms with Gasteiger partial charge in [0, 0.05) is 19.3 Å². The second-order valence-corrected chi connectivity index (χ2v) is 4.53. The number of nitrogens with zero attached hydrogens (tertiary/aromatic N) is 2. The Labute approximate surface area is 107 Å². The molecule has 0 spiro atoms. The molecule has 0 radical (unpaired) electrons. The van der Waals surface area contributed by atoms with Crippen LogP contribution in [0.15, 0.2) is 6.20 Å². The number of nitrogens with two attached hydrogens (primary N) is 1. The smallest absolute Gasteiger partial charge is 0.0834 e. The quantitative estimate of drug-likeness (QED) is 0.447. The predicted octanol–water partition coefficient (Wildman–Crippen LogP) is 2.05. The Morgan fingerprint density at radius 3 is 2.82 bits per heavy atom. The van der Waals surface area contributed by atoms with Crippen LogP contribution in [-0.2, 0) is 4.74 Å². The zero-order valence-corrected chi connectivity index (χ0v) is 11.4. The maximum atomic E-state index is 6.16. The van der Waals surface area contributed by atoms with E-state index in [1.54, 1.807) is 6.20 Å². The lowest BCUT2D eigenvalue weighted by atomic mass is 10.1. The Morgan fingerprint density at radius 1 is 1.59 bits per heavy atom. The summed E-state index contributed by atoms with van der Waals surface area (Å²) in [5, 5.41) is 4.90. The largest absolute Gasteiger partial charge is 0.382 e. The van der Waals surface area contributed by atoms with E-state index in [9.17, 15) is 0 Å². The van der Waals surface area contributed by atoms with E-state index in [0.717, 1.165) is 12.1 Å². The van der Waals surface area contributed by atoms with Gasteiger partial charge in [0.15, 0.2) is 0 Å². The van der Waals surface area contributed by atoms with Crippen LogP contribution < -0.4 is 11.3 Å². The molecular formula is C11H21ClN4O. The van der Waals surface area contributed by atoms with Gasteiger partial charge < -0.3 is 4.74 Å². The molecule has 1 aromatic heterocycles. The van der Waals surface area contributed by atoms with E-state index in [2.05, 4.69) is 24.4 Å². The molecular weight excluding hydrogens is 240 g/mol. The average molecular weight is 261 g/mol. The summed E-state index contributed by atoms with van der Waals surface area (Å²) in [6.45, 7) is 7.43. The number of nitrogens with one attached hydrogen (secondary N) is 1. The van der Waals surface area contributed by atoms with Gasteiger partial charge in [-0.15, -0.1) is 0 Å². The van der Waals surface area contributed by atoms with Crippen molar-refractivity contribution in [1.29, 1.82) is 0 Å². The Morgan fingerprint density at radius 2 is 2.29 bits per heavy atom. The highest BCUT2D eigenvalue weighted by Gasteiger charge is 2.20. The van der Waals surface area contributed by atoms with Gasteiger partial charge in [0.2, 0.25) is 0 Å². The van der Waals surface area contributed by atoms with Crippen molar-refractivity contribution in [2.45, 2.75) is 39.3 Å². The molecule has 0 fully saturated rings. The Bertz CT molecular complexity index is 340. The lowest BCUT2D eigenvalue weighted by Crippen LogP contribution is -2.31. The molecule has 3 N–H and O–H groups in total. The third kappa shape index (κ3) is 3.67. The molecule has 98 valence electrons. The molecule has 1 aromatic rings. The van der Waals surface area contributed by atoms with Crippen molar-refractivity contribution in [2.75, 3.05) is 13.2 Å². The van der Waals surface area contributed by atoms with E-state index in [0.29, 0.717) is 18.2 Å². The van der Waals surface area contributed by atoms with Crippen LogP contribution in [0.1, 0.15) is 45.0 Å². The van der Waals surface area contributed by atoms with Crippen LogP contribution in [0.4, 0.5) is 0 Å². The number of halogens is 1. The van der Waals surface area contributed by atoms with E-state index >= 15 is 0 Å². The molecule has 0 amide bonds. The fourth-order valence-electron chi connectivity index (χ4n) is 1.73. The molecule has 0 aliphatic heterocycles. The summed E-state index contributed by atoms with van der Waals surface area (Å²) in [5.41, 5.74) is 3.69. The third-order valence-corrected chi connectivity index (χ3v) is 2.85. The topological polar surface area (TPSA) is 65.1 Å². The summed E-state index contributed by atoms with van der Waals surface area (Å²) in [6.07, 6.45) is 2.42. The van der Waals surface area contributed by atoms with E-state index in [-0.39, 0.29) is 12.1 Å². The SMILES string of the molecule is CCOCCC(NN)c1c(Cl)cnn1C(C)C. The van der Waals surface area contributed by atoms with Gasteiger partial charge >= 0.3 is 0 Å². The van der Waals surface area contributed by atoms with Gasteiger partial charge in [0.1, 0.15) is 0 Å². The van der Waals surface area contributed by atoms with Crippen LogP contribution >= 0.6 is 11.6 Å². The van der Waals surface area contributed by atoms with Gasteiger partial charge in [-0.1, -0.05) is 11.6 Å². The molecule has 0 aromatic carbocycles. The van der Waals surface area contributed by atoms with Crippen molar-refractivity contribution < 1.29 is 4.74 Å². The normalized spacial score (nSPS) is 13.3. The molecule has 0 saturated carbocycles. The van der Waals surface area contributed by atoms with E-state index in [1.807, 2.05) is 11.6 Å². The molecule has 1 rings (SSSR count). The predicted molar refractivity (Wildman–Crippen MR) is 68.8 cm³/mol. The number of hydrogen-bond acceptors (Lipinski definition) is 4. The van der Waals surface area contributed by atoms with Gasteiger partial charge in [-0.2, -0.15) is 5.10 Å². The maximum absolute atomic E-state index is 6.16. The highest BCUT2D eigenvalue weighted by Crippen LogP contribution is 2.26. The van der Waals surface area contributed by atoms with E-state index in [4.69, 9.17) is 22.2 Å². The first-order valence-electron chi connectivity index (χ1n) is 5.88. The number of hydrogen-bond donors (Lipinski definition) is 2. The number of ether oxygens (including phenoxy) is 1. The molecule has 1 unspecified atom stereocenters. The lowest BCUT2D eigenvalue weighted by Gasteiger charge is -2.20. The van der Waals surface area contributed by atoms with Crippen LogP contribution in [0.2, 0.25) is 5.02 Å². The monoisotopic (exact) mass is 260 g/mol. The molecule has 6 heteroatoms. The molecule has 0 saturated heterocycles. The van der Waals surface area contributed by atoms with Crippen molar-refractivity contribution in [2.24, 2.45) is 5.84 Å². The van der Waals surface area contributed by atoms with Gasteiger partial charge in [-0.05, 0) is 27.2 Å². The van der Waals surface area contributed by atoms with E-state index < -0.39 is 0 Å². The first kappa shape index (κ1) is 14.4.